The summed E-state index contributed by atoms with van der Waals surface area (Å²) in [7, 11) is 1.71. The van der Waals surface area contributed by atoms with Gasteiger partial charge >= 0.3 is 0 Å². The van der Waals surface area contributed by atoms with Crippen molar-refractivity contribution < 1.29 is 4.74 Å². The lowest BCUT2D eigenvalue weighted by Gasteiger charge is -2.21. The Balaban J connectivity index is 2.27. The summed E-state index contributed by atoms with van der Waals surface area (Å²) >= 11 is 3.49. The molecule has 0 radical (unpaired) electrons. The summed E-state index contributed by atoms with van der Waals surface area (Å²) in [6.07, 6.45) is 3.78. The van der Waals surface area contributed by atoms with Crippen LogP contribution in [-0.4, -0.2) is 18.6 Å². The second-order valence-corrected chi connectivity index (χ2v) is 5.83. The molecule has 112 valence electrons. The molecule has 0 amide bonds. The van der Waals surface area contributed by atoms with Crippen LogP contribution in [0.1, 0.15) is 30.6 Å². The molecular weight excluding hydrogens is 328 g/mol. The van der Waals surface area contributed by atoms with E-state index in [0.717, 1.165) is 35.3 Å². The summed E-state index contributed by atoms with van der Waals surface area (Å²) in [6.45, 7) is 3.14. The zero-order valence-electron chi connectivity index (χ0n) is 12.5. The van der Waals surface area contributed by atoms with Crippen LogP contribution < -0.4 is 10.1 Å². The monoisotopic (exact) mass is 348 g/mol. The van der Waals surface area contributed by atoms with Gasteiger partial charge in [-0.3, -0.25) is 4.98 Å². The van der Waals surface area contributed by atoms with Gasteiger partial charge in [-0.15, -0.1) is 0 Å². The number of hydrogen-bond donors (Lipinski definition) is 1. The average molecular weight is 349 g/mol. The Hall–Kier alpha value is -1.39. The molecule has 2 rings (SSSR count). The fraction of sp³-hybridized carbons (Fsp3) is 0.353. The molecule has 0 fully saturated rings. The minimum Gasteiger partial charge on any atom is -0.496 e. The van der Waals surface area contributed by atoms with E-state index >= 15 is 0 Å². The molecule has 2 aromatic rings. The van der Waals surface area contributed by atoms with Crippen molar-refractivity contribution in [1.29, 1.82) is 0 Å². The van der Waals surface area contributed by atoms with Gasteiger partial charge in [0, 0.05) is 34.4 Å². The van der Waals surface area contributed by atoms with Crippen molar-refractivity contribution in [3.05, 3.63) is 58.3 Å². The van der Waals surface area contributed by atoms with Crippen LogP contribution in [0.2, 0.25) is 0 Å². The van der Waals surface area contributed by atoms with Gasteiger partial charge in [0.15, 0.2) is 0 Å². The maximum atomic E-state index is 5.53. The Morgan fingerprint density at radius 3 is 2.81 bits per heavy atom. The van der Waals surface area contributed by atoms with Gasteiger partial charge in [-0.2, -0.15) is 0 Å². The van der Waals surface area contributed by atoms with Crippen LogP contribution in [0.15, 0.2) is 47.1 Å². The van der Waals surface area contributed by atoms with Gasteiger partial charge in [0.05, 0.1) is 7.11 Å². The number of benzene rings is 1. The number of methoxy groups -OCH3 is 1. The van der Waals surface area contributed by atoms with Crippen molar-refractivity contribution in [3.63, 3.8) is 0 Å². The third-order valence-corrected chi connectivity index (χ3v) is 3.84. The molecule has 0 bridgehead atoms. The van der Waals surface area contributed by atoms with Crippen molar-refractivity contribution in [3.8, 4) is 5.75 Å². The minimum absolute atomic E-state index is 0.197. The summed E-state index contributed by atoms with van der Waals surface area (Å²) in [6, 6.07) is 12.4. The summed E-state index contributed by atoms with van der Waals surface area (Å²) in [5.74, 6) is 0.897. The molecule has 0 saturated carbocycles. The smallest absolute Gasteiger partial charge is 0.124 e. The van der Waals surface area contributed by atoms with Crippen LogP contribution in [0, 0.1) is 0 Å². The Morgan fingerprint density at radius 1 is 1.29 bits per heavy atom. The zero-order valence-corrected chi connectivity index (χ0v) is 14.1. The summed E-state index contributed by atoms with van der Waals surface area (Å²) in [5, 5.41) is 3.59. The van der Waals surface area contributed by atoms with Crippen molar-refractivity contribution in [2.24, 2.45) is 0 Å². The highest BCUT2D eigenvalue weighted by molar-refractivity contribution is 9.10. The molecule has 0 aliphatic rings. The summed E-state index contributed by atoms with van der Waals surface area (Å²) in [4.78, 5) is 4.44. The van der Waals surface area contributed by atoms with Gasteiger partial charge in [0.1, 0.15) is 5.75 Å². The summed E-state index contributed by atoms with van der Waals surface area (Å²) < 4.78 is 6.56. The zero-order chi connectivity index (χ0) is 15.1. The number of nitrogens with one attached hydrogen (secondary N) is 1. The van der Waals surface area contributed by atoms with Crippen molar-refractivity contribution in [2.45, 2.75) is 25.8 Å². The lowest BCUT2D eigenvalue weighted by atomic mass is 10.0. The largest absolute Gasteiger partial charge is 0.496 e. The van der Waals surface area contributed by atoms with E-state index in [1.54, 1.807) is 7.11 Å². The third kappa shape index (κ3) is 4.55. The lowest BCUT2D eigenvalue weighted by Crippen LogP contribution is -2.25. The standard InChI is InChI=1S/C17H21BrN2O/c1-3-9-20-16(12-14-6-4-5-10-19-14)15-8-7-13(18)11-17(15)21-2/h4-8,10-11,16,20H,3,9,12H2,1-2H3. The highest BCUT2D eigenvalue weighted by Gasteiger charge is 2.17. The summed E-state index contributed by atoms with van der Waals surface area (Å²) in [5.41, 5.74) is 2.25. The Bertz CT molecular complexity index is 560. The first kappa shape index (κ1) is 16.0. The molecule has 0 spiro atoms. The average Bonchev–Trinajstić information content (AvgIpc) is 2.52. The van der Waals surface area contributed by atoms with E-state index in [4.69, 9.17) is 4.74 Å². The molecule has 3 nitrogen and oxygen atoms in total. The first-order valence-electron chi connectivity index (χ1n) is 7.21. The Labute approximate surface area is 134 Å². The molecule has 0 aliphatic carbocycles. The fourth-order valence-corrected chi connectivity index (χ4v) is 2.65. The van der Waals surface area contributed by atoms with E-state index in [2.05, 4.69) is 51.4 Å². The van der Waals surface area contributed by atoms with Crippen LogP contribution in [0.5, 0.6) is 5.75 Å². The number of halogens is 1. The van der Waals surface area contributed by atoms with Crippen LogP contribution in [-0.2, 0) is 6.42 Å². The van der Waals surface area contributed by atoms with Gasteiger partial charge in [-0.25, -0.2) is 0 Å². The highest BCUT2D eigenvalue weighted by atomic mass is 79.9. The van der Waals surface area contributed by atoms with E-state index in [1.807, 2.05) is 24.4 Å². The van der Waals surface area contributed by atoms with E-state index in [0.29, 0.717) is 0 Å². The second kappa shape index (κ2) is 8.15. The molecule has 0 aliphatic heterocycles. The predicted molar refractivity (Wildman–Crippen MR) is 89.7 cm³/mol. The SMILES string of the molecule is CCCNC(Cc1ccccn1)c1ccc(Br)cc1OC. The molecule has 1 N–H and O–H groups in total. The molecule has 1 aromatic carbocycles. The molecule has 1 atom stereocenters. The number of pyridine rings is 1. The molecule has 0 saturated heterocycles. The number of nitrogens with zero attached hydrogens (tertiary/aromatic N) is 1. The molecule has 21 heavy (non-hydrogen) atoms. The molecule has 1 unspecified atom stereocenters. The molecule has 1 heterocycles. The highest BCUT2D eigenvalue weighted by Crippen LogP contribution is 2.30. The maximum Gasteiger partial charge on any atom is 0.124 e. The van der Waals surface area contributed by atoms with Crippen LogP contribution in [0.3, 0.4) is 0 Å². The fourth-order valence-electron chi connectivity index (χ4n) is 2.31. The normalized spacial score (nSPS) is 12.1. The van der Waals surface area contributed by atoms with E-state index in [1.165, 1.54) is 5.56 Å². The number of hydrogen-bond acceptors (Lipinski definition) is 3. The van der Waals surface area contributed by atoms with Crippen LogP contribution in [0.4, 0.5) is 0 Å². The van der Waals surface area contributed by atoms with Gasteiger partial charge in [-0.1, -0.05) is 35.0 Å². The van der Waals surface area contributed by atoms with Crippen molar-refractivity contribution in [2.75, 3.05) is 13.7 Å². The second-order valence-electron chi connectivity index (χ2n) is 4.92. The molecular formula is C17H21BrN2O. The van der Waals surface area contributed by atoms with Gasteiger partial charge in [0.25, 0.3) is 0 Å². The third-order valence-electron chi connectivity index (χ3n) is 3.35. The van der Waals surface area contributed by atoms with Crippen LogP contribution >= 0.6 is 15.9 Å². The number of ether oxygens (including phenoxy) is 1. The van der Waals surface area contributed by atoms with E-state index in [9.17, 15) is 0 Å². The lowest BCUT2D eigenvalue weighted by molar-refractivity contribution is 0.397. The van der Waals surface area contributed by atoms with Gasteiger partial charge in [-0.05, 0) is 37.2 Å². The van der Waals surface area contributed by atoms with E-state index < -0.39 is 0 Å². The predicted octanol–water partition coefficient (Wildman–Crippen LogP) is 4.14. The van der Waals surface area contributed by atoms with Gasteiger partial charge in [0.2, 0.25) is 0 Å². The number of aromatic nitrogens is 1. The number of rotatable bonds is 7. The van der Waals surface area contributed by atoms with Gasteiger partial charge < -0.3 is 10.1 Å². The molecule has 4 heteroatoms. The Morgan fingerprint density at radius 2 is 2.14 bits per heavy atom. The minimum atomic E-state index is 0.197. The Kier molecular flexibility index (Phi) is 6.21. The van der Waals surface area contributed by atoms with Crippen LogP contribution in [0.25, 0.3) is 0 Å². The topological polar surface area (TPSA) is 34.2 Å². The van der Waals surface area contributed by atoms with Crippen molar-refractivity contribution in [1.82, 2.24) is 10.3 Å². The van der Waals surface area contributed by atoms with E-state index in [-0.39, 0.29) is 6.04 Å². The quantitative estimate of drug-likeness (QED) is 0.816. The first-order chi connectivity index (χ1) is 10.2. The molecule has 1 aromatic heterocycles. The first-order valence-corrected chi connectivity index (χ1v) is 8.00. The maximum absolute atomic E-state index is 5.53. The van der Waals surface area contributed by atoms with Crippen molar-refractivity contribution >= 4 is 15.9 Å².